The second kappa shape index (κ2) is 9.80. The molecule has 0 bridgehead atoms. The lowest BCUT2D eigenvalue weighted by Crippen LogP contribution is -2.45. The fourth-order valence-electron chi connectivity index (χ4n) is 3.63. The first kappa shape index (κ1) is 19.8. The summed E-state index contributed by atoms with van der Waals surface area (Å²) in [5, 5.41) is 3.02. The van der Waals surface area contributed by atoms with E-state index >= 15 is 0 Å². The molecule has 2 fully saturated rings. The van der Waals surface area contributed by atoms with Crippen molar-refractivity contribution < 1.29 is 18.7 Å². The van der Waals surface area contributed by atoms with Crippen LogP contribution < -0.4 is 5.32 Å². The standard InChI is InChI=1S/C20H28FN3O3/c21-18-3-1-2-16(14-18)15-19(25)24-7-4-17(5-8-24)20(26)22-6-9-23-10-12-27-13-11-23/h1-3,14,17H,4-13,15H2,(H,22,26). The van der Waals surface area contributed by atoms with Crippen molar-refractivity contribution in [1.82, 2.24) is 15.1 Å². The zero-order chi connectivity index (χ0) is 19.1. The van der Waals surface area contributed by atoms with Gasteiger partial charge in [-0.05, 0) is 30.5 Å². The molecule has 0 spiro atoms. The molecule has 2 aliphatic heterocycles. The van der Waals surface area contributed by atoms with E-state index in [1.807, 2.05) is 0 Å². The molecule has 2 aliphatic rings. The minimum Gasteiger partial charge on any atom is -0.379 e. The van der Waals surface area contributed by atoms with Gasteiger partial charge in [0.2, 0.25) is 11.8 Å². The molecule has 0 unspecified atom stereocenters. The van der Waals surface area contributed by atoms with Crippen molar-refractivity contribution in [2.75, 3.05) is 52.5 Å². The lowest BCUT2D eigenvalue weighted by molar-refractivity contribution is -0.135. The van der Waals surface area contributed by atoms with Crippen LogP contribution in [0.1, 0.15) is 18.4 Å². The van der Waals surface area contributed by atoms with Gasteiger partial charge in [0.1, 0.15) is 5.82 Å². The van der Waals surface area contributed by atoms with E-state index in [1.165, 1.54) is 12.1 Å². The predicted molar refractivity (Wildman–Crippen MR) is 99.7 cm³/mol. The number of likely N-dealkylation sites (tertiary alicyclic amines) is 1. The number of carbonyl (C=O) groups excluding carboxylic acids is 2. The lowest BCUT2D eigenvalue weighted by Gasteiger charge is -2.32. The van der Waals surface area contributed by atoms with Crippen LogP contribution in [-0.4, -0.2) is 74.1 Å². The van der Waals surface area contributed by atoms with Gasteiger partial charge in [-0.2, -0.15) is 0 Å². The molecular weight excluding hydrogens is 349 g/mol. The number of nitrogens with one attached hydrogen (secondary N) is 1. The Balaban J connectivity index is 1.36. The van der Waals surface area contributed by atoms with Gasteiger partial charge >= 0.3 is 0 Å². The number of ether oxygens (including phenoxy) is 1. The van der Waals surface area contributed by atoms with Crippen LogP contribution in [0.15, 0.2) is 24.3 Å². The third-order valence-electron chi connectivity index (χ3n) is 5.29. The molecular formula is C20H28FN3O3. The number of rotatable bonds is 6. The third-order valence-corrected chi connectivity index (χ3v) is 5.29. The Morgan fingerprint density at radius 1 is 1.15 bits per heavy atom. The zero-order valence-corrected chi connectivity index (χ0v) is 15.7. The fourth-order valence-corrected chi connectivity index (χ4v) is 3.63. The molecule has 0 aromatic heterocycles. The molecule has 0 radical (unpaired) electrons. The number of carbonyl (C=O) groups is 2. The number of nitrogens with zero attached hydrogens (tertiary/aromatic N) is 2. The molecule has 2 saturated heterocycles. The van der Waals surface area contributed by atoms with Crippen LogP contribution in [0.2, 0.25) is 0 Å². The van der Waals surface area contributed by atoms with Crippen LogP contribution in [0.4, 0.5) is 4.39 Å². The number of morpholine rings is 1. The Bertz CT molecular complexity index is 641. The van der Waals surface area contributed by atoms with Crippen molar-refractivity contribution in [3.05, 3.63) is 35.6 Å². The maximum Gasteiger partial charge on any atom is 0.226 e. The van der Waals surface area contributed by atoms with Gasteiger partial charge in [0.25, 0.3) is 0 Å². The lowest BCUT2D eigenvalue weighted by atomic mass is 9.95. The van der Waals surface area contributed by atoms with Crippen LogP contribution in [0.3, 0.4) is 0 Å². The maximum absolute atomic E-state index is 13.2. The highest BCUT2D eigenvalue weighted by Gasteiger charge is 2.27. The van der Waals surface area contributed by atoms with E-state index in [0.29, 0.717) is 38.0 Å². The topological polar surface area (TPSA) is 61.9 Å². The molecule has 2 amide bonds. The summed E-state index contributed by atoms with van der Waals surface area (Å²) in [6.45, 7) is 6.01. The van der Waals surface area contributed by atoms with Crippen LogP contribution in [0.5, 0.6) is 0 Å². The number of piperidine rings is 1. The fraction of sp³-hybridized carbons (Fsp3) is 0.600. The first-order valence-electron chi connectivity index (χ1n) is 9.72. The van der Waals surface area contributed by atoms with Gasteiger partial charge in [-0.15, -0.1) is 0 Å². The Morgan fingerprint density at radius 2 is 1.89 bits per heavy atom. The quantitative estimate of drug-likeness (QED) is 0.805. The summed E-state index contributed by atoms with van der Waals surface area (Å²) in [6, 6.07) is 6.14. The average molecular weight is 377 g/mol. The van der Waals surface area contributed by atoms with Crippen LogP contribution in [0, 0.1) is 11.7 Å². The van der Waals surface area contributed by atoms with Crippen LogP contribution in [0.25, 0.3) is 0 Å². The number of hydrogen-bond acceptors (Lipinski definition) is 4. The summed E-state index contributed by atoms with van der Waals surface area (Å²) < 4.78 is 18.6. The van der Waals surface area contributed by atoms with E-state index in [9.17, 15) is 14.0 Å². The number of hydrogen-bond donors (Lipinski definition) is 1. The van der Waals surface area contributed by atoms with Crippen molar-refractivity contribution in [3.63, 3.8) is 0 Å². The number of amides is 2. The highest BCUT2D eigenvalue weighted by atomic mass is 19.1. The smallest absolute Gasteiger partial charge is 0.226 e. The number of halogens is 1. The minimum atomic E-state index is -0.326. The van der Waals surface area contributed by atoms with Crippen molar-refractivity contribution >= 4 is 11.8 Å². The molecule has 27 heavy (non-hydrogen) atoms. The van der Waals surface area contributed by atoms with Gasteiger partial charge in [-0.3, -0.25) is 14.5 Å². The van der Waals surface area contributed by atoms with Crippen LogP contribution in [-0.2, 0) is 20.7 Å². The number of benzene rings is 1. The Labute approximate surface area is 159 Å². The Morgan fingerprint density at radius 3 is 2.59 bits per heavy atom. The Hall–Kier alpha value is -1.99. The summed E-state index contributed by atoms with van der Waals surface area (Å²) in [4.78, 5) is 28.8. The van der Waals surface area contributed by atoms with E-state index < -0.39 is 0 Å². The summed E-state index contributed by atoms with van der Waals surface area (Å²) in [6.07, 6.45) is 1.56. The summed E-state index contributed by atoms with van der Waals surface area (Å²) in [7, 11) is 0. The molecule has 1 aromatic rings. The normalized spacial score (nSPS) is 19.1. The molecule has 1 aromatic carbocycles. The largest absolute Gasteiger partial charge is 0.379 e. The van der Waals surface area contributed by atoms with Gasteiger partial charge in [0, 0.05) is 45.2 Å². The maximum atomic E-state index is 13.2. The predicted octanol–water partition coefficient (Wildman–Crippen LogP) is 1.06. The van der Waals surface area contributed by atoms with Crippen molar-refractivity contribution in [1.29, 1.82) is 0 Å². The summed E-state index contributed by atoms with van der Waals surface area (Å²) in [5.74, 6) is -0.284. The SMILES string of the molecule is O=C(NCCN1CCOCC1)C1CCN(C(=O)Cc2cccc(F)c2)CC1. The summed E-state index contributed by atoms with van der Waals surface area (Å²) in [5.41, 5.74) is 0.683. The van der Waals surface area contributed by atoms with Gasteiger partial charge in [-0.1, -0.05) is 12.1 Å². The molecule has 0 saturated carbocycles. The third kappa shape index (κ3) is 6.01. The molecule has 7 heteroatoms. The van der Waals surface area contributed by atoms with Crippen molar-refractivity contribution in [2.24, 2.45) is 5.92 Å². The Kier molecular flexibility index (Phi) is 7.18. The summed E-state index contributed by atoms with van der Waals surface area (Å²) >= 11 is 0. The molecule has 2 heterocycles. The van der Waals surface area contributed by atoms with E-state index in [0.717, 1.165) is 32.8 Å². The van der Waals surface area contributed by atoms with E-state index in [1.54, 1.807) is 17.0 Å². The van der Waals surface area contributed by atoms with Gasteiger partial charge in [0.05, 0.1) is 19.6 Å². The molecule has 0 atom stereocenters. The highest BCUT2D eigenvalue weighted by molar-refractivity contribution is 5.81. The second-order valence-corrected chi connectivity index (χ2v) is 7.21. The molecule has 0 aliphatic carbocycles. The van der Waals surface area contributed by atoms with E-state index in [4.69, 9.17) is 4.74 Å². The van der Waals surface area contributed by atoms with Crippen molar-refractivity contribution in [2.45, 2.75) is 19.3 Å². The van der Waals surface area contributed by atoms with Gasteiger partial charge < -0.3 is 15.0 Å². The van der Waals surface area contributed by atoms with Gasteiger partial charge in [-0.25, -0.2) is 4.39 Å². The van der Waals surface area contributed by atoms with Crippen molar-refractivity contribution in [3.8, 4) is 0 Å². The van der Waals surface area contributed by atoms with Gasteiger partial charge in [0.15, 0.2) is 0 Å². The molecule has 3 rings (SSSR count). The molecule has 148 valence electrons. The first-order chi connectivity index (χ1) is 13.1. The molecule has 6 nitrogen and oxygen atoms in total. The zero-order valence-electron chi connectivity index (χ0n) is 15.7. The van der Waals surface area contributed by atoms with E-state index in [2.05, 4.69) is 10.2 Å². The highest BCUT2D eigenvalue weighted by Crippen LogP contribution is 2.18. The minimum absolute atomic E-state index is 0.00762. The van der Waals surface area contributed by atoms with Crippen LogP contribution >= 0.6 is 0 Å². The molecule has 1 N–H and O–H groups in total. The monoisotopic (exact) mass is 377 g/mol. The second-order valence-electron chi connectivity index (χ2n) is 7.21. The average Bonchev–Trinajstić information content (AvgIpc) is 2.69. The van der Waals surface area contributed by atoms with E-state index in [-0.39, 0.29) is 30.0 Å². The first-order valence-corrected chi connectivity index (χ1v) is 9.72.